The van der Waals surface area contributed by atoms with E-state index in [1.54, 1.807) is 19.9 Å². The van der Waals surface area contributed by atoms with Crippen molar-refractivity contribution >= 4 is 23.3 Å². The Hall–Kier alpha value is -2.63. The summed E-state index contributed by atoms with van der Waals surface area (Å²) < 4.78 is 10.3. The van der Waals surface area contributed by atoms with Gasteiger partial charge in [0, 0.05) is 17.3 Å². The molecule has 0 fully saturated rings. The van der Waals surface area contributed by atoms with Crippen LogP contribution in [0.1, 0.15) is 25.3 Å². The highest BCUT2D eigenvalue weighted by Crippen LogP contribution is 2.43. The van der Waals surface area contributed by atoms with Crippen molar-refractivity contribution in [1.82, 2.24) is 0 Å². The van der Waals surface area contributed by atoms with E-state index < -0.39 is 23.8 Å². The maximum Gasteiger partial charge on any atom is 0.337 e. The van der Waals surface area contributed by atoms with Gasteiger partial charge in [-0.2, -0.15) is 0 Å². The normalized spacial score (nSPS) is 23.2. The standard InChI is InChI=1S/C17H18N2O4/c1-3-22-16(20)13-9(2)19-12-8-23-17(21)15(12)14(13)10-6-4-5-7-11(10)18/h4-7,13-14H,3,8,18H2,1-2H3. The molecule has 0 radical (unpaired) electrons. The summed E-state index contributed by atoms with van der Waals surface area (Å²) in [6, 6.07) is 7.21. The van der Waals surface area contributed by atoms with Crippen LogP contribution in [0.4, 0.5) is 5.69 Å². The zero-order chi connectivity index (χ0) is 16.6. The number of carbonyl (C=O) groups excluding carboxylic acids is 2. The van der Waals surface area contributed by atoms with Gasteiger partial charge in [-0.15, -0.1) is 0 Å². The van der Waals surface area contributed by atoms with Gasteiger partial charge in [-0.05, 0) is 25.5 Å². The van der Waals surface area contributed by atoms with Gasteiger partial charge in [0.15, 0.2) is 0 Å². The zero-order valence-electron chi connectivity index (χ0n) is 13.0. The summed E-state index contributed by atoms with van der Waals surface area (Å²) in [5.41, 5.74) is 8.91. The average Bonchev–Trinajstić information content (AvgIpc) is 2.87. The predicted octanol–water partition coefficient (Wildman–Crippen LogP) is 1.82. The van der Waals surface area contributed by atoms with Crippen LogP contribution in [-0.4, -0.2) is 30.9 Å². The topological polar surface area (TPSA) is 91.0 Å². The number of carbonyl (C=O) groups is 2. The molecule has 2 atom stereocenters. The van der Waals surface area contributed by atoms with Crippen LogP contribution < -0.4 is 5.73 Å². The summed E-state index contributed by atoms with van der Waals surface area (Å²) >= 11 is 0. The smallest absolute Gasteiger partial charge is 0.337 e. The lowest BCUT2D eigenvalue weighted by molar-refractivity contribution is -0.146. The largest absolute Gasteiger partial charge is 0.465 e. The van der Waals surface area contributed by atoms with Crippen molar-refractivity contribution in [3.8, 4) is 0 Å². The Morgan fingerprint density at radius 3 is 2.87 bits per heavy atom. The van der Waals surface area contributed by atoms with E-state index in [0.29, 0.717) is 28.2 Å². The molecule has 2 N–H and O–H groups in total. The summed E-state index contributed by atoms with van der Waals surface area (Å²) in [7, 11) is 0. The lowest BCUT2D eigenvalue weighted by atomic mass is 9.75. The summed E-state index contributed by atoms with van der Waals surface area (Å²) in [4.78, 5) is 29.1. The Bertz CT molecular complexity index is 736. The monoisotopic (exact) mass is 314 g/mol. The molecular weight excluding hydrogens is 296 g/mol. The van der Waals surface area contributed by atoms with Gasteiger partial charge in [0.2, 0.25) is 0 Å². The number of nitrogens with two attached hydrogens (primary N) is 1. The van der Waals surface area contributed by atoms with Crippen molar-refractivity contribution in [1.29, 1.82) is 0 Å². The molecule has 23 heavy (non-hydrogen) atoms. The minimum absolute atomic E-state index is 0.129. The van der Waals surface area contributed by atoms with Crippen LogP contribution in [-0.2, 0) is 19.1 Å². The van der Waals surface area contributed by atoms with E-state index in [2.05, 4.69) is 4.99 Å². The maximum absolute atomic E-state index is 12.5. The van der Waals surface area contributed by atoms with E-state index in [9.17, 15) is 9.59 Å². The molecule has 2 aliphatic rings. The molecule has 3 rings (SSSR count). The molecule has 0 amide bonds. The lowest BCUT2D eigenvalue weighted by Gasteiger charge is -2.29. The minimum atomic E-state index is -0.677. The first kappa shape index (κ1) is 15.3. The van der Waals surface area contributed by atoms with Gasteiger partial charge in [0.25, 0.3) is 0 Å². The van der Waals surface area contributed by atoms with E-state index in [-0.39, 0.29) is 13.2 Å². The molecule has 0 aromatic heterocycles. The van der Waals surface area contributed by atoms with Crippen molar-refractivity contribution in [3.63, 3.8) is 0 Å². The van der Waals surface area contributed by atoms with Crippen molar-refractivity contribution in [2.24, 2.45) is 10.9 Å². The van der Waals surface area contributed by atoms with E-state index in [0.717, 1.165) is 0 Å². The first-order chi connectivity index (χ1) is 11.0. The number of benzene rings is 1. The van der Waals surface area contributed by atoms with Crippen LogP contribution >= 0.6 is 0 Å². The fourth-order valence-electron chi connectivity index (χ4n) is 3.16. The molecular formula is C17H18N2O4. The SMILES string of the molecule is CCOC(=O)C1C(C)=NC2=C(C(=O)OC2)C1c1ccccc1N. The van der Waals surface area contributed by atoms with Crippen LogP contribution in [0.25, 0.3) is 0 Å². The fraction of sp³-hybridized carbons (Fsp3) is 0.353. The third-order valence-electron chi connectivity index (χ3n) is 4.15. The van der Waals surface area contributed by atoms with Gasteiger partial charge < -0.3 is 15.2 Å². The predicted molar refractivity (Wildman–Crippen MR) is 84.8 cm³/mol. The number of hydrogen-bond donors (Lipinski definition) is 1. The number of ether oxygens (including phenoxy) is 2. The first-order valence-corrected chi connectivity index (χ1v) is 7.51. The van der Waals surface area contributed by atoms with E-state index in [1.807, 2.05) is 18.2 Å². The van der Waals surface area contributed by atoms with E-state index >= 15 is 0 Å². The molecule has 0 saturated heterocycles. The van der Waals surface area contributed by atoms with Crippen LogP contribution in [0.5, 0.6) is 0 Å². The third kappa shape index (κ3) is 2.50. The van der Waals surface area contributed by atoms with Gasteiger partial charge in [0.1, 0.15) is 12.5 Å². The van der Waals surface area contributed by atoms with E-state index in [4.69, 9.17) is 15.2 Å². The zero-order valence-corrected chi connectivity index (χ0v) is 13.0. The molecule has 0 saturated carbocycles. The second-order valence-electron chi connectivity index (χ2n) is 5.53. The Morgan fingerprint density at radius 2 is 2.17 bits per heavy atom. The Labute approximate surface area is 134 Å². The quantitative estimate of drug-likeness (QED) is 0.679. The lowest BCUT2D eigenvalue weighted by Crippen LogP contribution is -2.35. The first-order valence-electron chi connectivity index (χ1n) is 7.51. The molecule has 2 unspecified atom stereocenters. The molecule has 2 aliphatic heterocycles. The van der Waals surface area contributed by atoms with Gasteiger partial charge >= 0.3 is 11.9 Å². The number of aliphatic imine (C=N–C) groups is 1. The van der Waals surface area contributed by atoms with Crippen LogP contribution in [0.15, 0.2) is 40.5 Å². The minimum Gasteiger partial charge on any atom is -0.465 e. The number of anilines is 1. The number of rotatable bonds is 3. The third-order valence-corrected chi connectivity index (χ3v) is 4.15. The highest BCUT2D eigenvalue weighted by molar-refractivity contribution is 6.08. The molecule has 0 spiro atoms. The number of para-hydroxylation sites is 1. The van der Waals surface area contributed by atoms with Crippen molar-refractivity contribution in [2.45, 2.75) is 19.8 Å². The summed E-state index contributed by atoms with van der Waals surface area (Å²) in [5.74, 6) is -2.06. The van der Waals surface area contributed by atoms with Crippen molar-refractivity contribution < 1.29 is 19.1 Å². The summed E-state index contributed by atoms with van der Waals surface area (Å²) in [6.07, 6.45) is 0. The molecule has 1 aromatic carbocycles. The van der Waals surface area contributed by atoms with Crippen molar-refractivity contribution in [3.05, 3.63) is 41.1 Å². The molecule has 0 bridgehead atoms. The highest BCUT2D eigenvalue weighted by atomic mass is 16.5. The number of nitrogens with zero attached hydrogens (tertiary/aromatic N) is 1. The number of esters is 2. The average molecular weight is 314 g/mol. The number of cyclic esters (lactones) is 1. The van der Waals surface area contributed by atoms with Crippen LogP contribution in [0.3, 0.4) is 0 Å². The molecule has 1 aromatic rings. The second kappa shape index (κ2) is 5.87. The maximum atomic E-state index is 12.5. The molecule has 6 heteroatoms. The van der Waals surface area contributed by atoms with Gasteiger partial charge in [-0.1, -0.05) is 18.2 Å². The van der Waals surface area contributed by atoms with Gasteiger partial charge in [-0.3, -0.25) is 9.79 Å². The Balaban J connectivity index is 2.16. The number of nitrogen functional groups attached to an aromatic ring is 1. The van der Waals surface area contributed by atoms with Crippen LogP contribution in [0, 0.1) is 5.92 Å². The molecule has 6 nitrogen and oxygen atoms in total. The summed E-state index contributed by atoms with van der Waals surface area (Å²) in [6.45, 7) is 3.90. The Morgan fingerprint density at radius 1 is 1.43 bits per heavy atom. The van der Waals surface area contributed by atoms with E-state index in [1.165, 1.54) is 0 Å². The second-order valence-corrected chi connectivity index (χ2v) is 5.53. The van der Waals surface area contributed by atoms with Crippen LogP contribution in [0.2, 0.25) is 0 Å². The molecule has 2 heterocycles. The van der Waals surface area contributed by atoms with Gasteiger partial charge in [0.05, 0.1) is 17.9 Å². The number of hydrogen-bond acceptors (Lipinski definition) is 6. The van der Waals surface area contributed by atoms with Gasteiger partial charge in [-0.25, -0.2) is 4.79 Å². The van der Waals surface area contributed by atoms with Crippen molar-refractivity contribution in [2.75, 3.05) is 18.9 Å². The summed E-state index contributed by atoms with van der Waals surface area (Å²) in [5, 5.41) is 0. The molecule has 120 valence electrons. The fourth-order valence-corrected chi connectivity index (χ4v) is 3.16. The molecule has 0 aliphatic carbocycles. The Kier molecular flexibility index (Phi) is 3.90. The highest BCUT2D eigenvalue weighted by Gasteiger charge is 2.45.